The van der Waals surface area contributed by atoms with Crippen LogP contribution < -0.4 is 4.72 Å². The maximum Gasteiger partial charge on any atom is 0.264 e. The van der Waals surface area contributed by atoms with Crippen LogP contribution in [0.3, 0.4) is 0 Å². The first-order valence-corrected chi connectivity index (χ1v) is 5.68. The van der Waals surface area contributed by atoms with Gasteiger partial charge in [0.25, 0.3) is 10.0 Å². The number of hydrogen-bond donors (Lipinski definition) is 2. The molecule has 0 atom stereocenters. The van der Waals surface area contributed by atoms with Crippen LogP contribution in [0.2, 0.25) is 0 Å². The molecule has 0 aliphatic carbocycles. The van der Waals surface area contributed by atoms with E-state index in [-0.39, 0.29) is 10.5 Å². The molecule has 0 bridgehead atoms. The van der Waals surface area contributed by atoms with Crippen LogP contribution in [0.4, 0.5) is 0 Å². The number of rotatable bonds is 3. The van der Waals surface area contributed by atoms with E-state index in [1.807, 2.05) is 4.72 Å². The van der Waals surface area contributed by atoms with Gasteiger partial charge in [-0.1, -0.05) is 18.2 Å². The number of aliphatic hydroxyl groups is 1. The Bertz CT molecular complexity index is 467. The summed E-state index contributed by atoms with van der Waals surface area (Å²) in [4.78, 5) is 10.6. The van der Waals surface area contributed by atoms with Crippen LogP contribution in [-0.4, -0.2) is 19.4 Å². The van der Waals surface area contributed by atoms with Crippen molar-refractivity contribution in [3.63, 3.8) is 0 Å². The molecule has 6 heteroatoms. The van der Waals surface area contributed by atoms with E-state index in [1.54, 1.807) is 6.07 Å². The summed E-state index contributed by atoms with van der Waals surface area (Å²) in [6.45, 7) is 0.716. The lowest BCUT2D eigenvalue weighted by atomic mass is 10.2. The molecule has 2 N–H and O–H groups in total. The standard InChI is InChI=1S/C9H11NO4S/c1-7(12)10-15(13,14)9-5-3-2-4-8(9)6-11/h2-5,11H,6H2,1H3,(H,10,12). The lowest BCUT2D eigenvalue weighted by Gasteiger charge is -2.08. The van der Waals surface area contributed by atoms with Gasteiger partial charge in [-0.15, -0.1) is 0 Å². The number of aliphatic hydroxyl groups excluding tert-OH is 1. The van der Waals surface area contributed by atoms with E-state index in [0.717, 1.165) is 6.92 Å². The molecule has 1 aromatic carbocycles. The van der Waals surface area contributed by atoms with E-state index in [2.05, 4.69) is 0 Å². The smallest absolute Gasteiger partial charge is 0.264 e. The van der Waals surface area contributed by atoms with Gasteiger partial charge in [-0.2, -0.15) is 0 Å². The molecular formula is C9H11NO4S. The minimum atomic E-state index is -3.86. The molecule has 0 radical (unpaired) electrons. The molecule has 0 aliphatic rings. The van der Waals surface area contributed by atoms with Gasteiger partial charge >= 0.3 is 0 Å². The number of benzene rings is 1. The first-order valence-electron chi connectivity index (χ1n) is 4.19. The molecule has 0 fully saturated rings. The Morgan fingerprint density at radius 2 is 2.00 bits per heavy atom. The summed E-state index contributed by atoms with van der Waals surface area (Å²) in [5.74, 6) is -0.664. The highest BCUT2D eigenvalue weighted by Gasteiger charge is 2.18. The zero-order valence-corrected chi connectivity index (χ0v) is 8.91. The quantitative estimate of drug-likeness (QED) is 0.764. The molecule has 0 heterocycles. The molecule has 1 aromatic rings. The second-order valence-electron chi connectivity index (χ2n) is 2.93. The summed E-state index contributed by atoms with van der Waals surface area (Å²) in [6.07, 6.45) is 0. The molecular weight excluding hydrogens is 218 g/mol. The average Bonchev–Trinajstić information content (AvgIpc) is 2.16. The Hall–Kier alpha value is -1.40. The van der Waals surface area contributed by atoms with Crippen LogP contribution in [0, 0.1) is 0 Å². The molecule has 0 aliphatic heterocycles. The zero-order chi connectivity index (χ0) is 11.5. The van der Waals surface area contributed by atoms with E-state index >= 15 is 0 Å². The third-order valence-corrected chi connectivity index (χ3v) is 3.24. The fourth-order valence-corrected chi connectivity index (χ4v) is 2.36. The highest BCUT2D eigenvalue weighted by atomic mass is 32.2. The Kier molecular flexibility index (Phi) is 3.43. The normalized spacial score (nSPS) is 11.1. The maximum atomic E-state index is 11.6. The van der Waals surface area contributed by atoms with Crippen LogP contribution in [0.25, 0.3) is 0 Å². The summed E-state index contributed by atoms with van der Waals surface area (Å²) in [5.41, 5.74) is 0.256. The van der Waals surface area contributed by atoms with Crippen LogP contribution in [-0.2, 0) is 21.4 Å². The number of carbonyl (C=O) groups excluding carboxylic acids is 1. The van der Waals surface area contributed by atoms with Gasteiger partial charge in [0.2, 0.25) is 5.91 Å². The molecule has 1 amide bonds. The summed E-state index contributed by atoms with van der Waals surface area (Å²) in [5, 5.41) is 8.94. The van der Waals surface area contributed by atoms with Crippen molar-refractivity contribution in [2.75, 3.05) is 0 Å². The Morgan fingerprint density at radius 1 is 1.40 bits per heavy atom. The molecule has 1 rings (SSSR count). The molecule has 0 unspecified atom stereocenters. The topological polar surface area (TPSA) is 83.5 Å². The molecule has 0 saturated carbocycles. The van der Waals surface area contributed by atoms with Crippen molar-refractivity contribution in [3.05, 3.63) is 29.8 Å². The number of amides is 1. The molecule has 15 heavy (non-hydrogen) atoms. The van der Waals surface area contributed by atoms with Crippen LogP contribution in [0.1, 0.15) is 12.5 Å². The summed E-state index contributed by atoms with van der Waals surface area (Å²) < 4.78 is 25.0. The van der Waals surface area contributed by atoms with Crippen molar-refractivity contribution in [3.8, 4) is 0 Å². The lowest BCUT2D eigenvalue weighted by Crippen LogP contribution is -2.28. The molecule has 0 aromatic heterocycles. The van der Waals surface area contributed by atoms with E-state index in [9.17, 15) is 13.2 Å². The van der Waals surface area contributed by atoms with Crippen molar-refractivity contribution in [1.29, 1.82) is 0 Å². The van der Waals surface area contributed by atoms with Gasteiger partial charge in [0, 0.05) is 6.92 Å². The van der Waals surface area contributed by atoms with Crippen molar-refractivity contribution in [1.82, 2.24) is 4.72 Å². The third-order valence-electron chi connectivity index (χ3n) is 1.71. The number of sulfonamides is 1. The Morgan fingerprint density at radius 3 is 2.53 bits per heavy atom. The van der Waals surface area contributed by atoms with Crippen molar-refractivity contribution >= 4 is 15.9 Å². The minimum Gasteiger partial charge on any atom is -0.392 e. The van der Waals surface area contributed by atoms with Gasteiger partial charge in [-0.05, 0) is 11.6 Å². The summed E-state index contributed by atoms with van der Waals surface area (Å²) in [6, 6.07) is 5.94. The Balaban J connectivity index is 3.20. The van der Waals surface area contributed by atoms with Crippen molar-refractivity contribution < 1.29 is 18.3 Å². The third kappa shape index (κ3) is 2.77. The largest absolute Gasteiger partial charge is 0.392 e. The molecule has 0 spiro atoms. The van der Waals surface area contributed by atoms with Gasteiger partial charge in [0.1, 0.15) is 0 Å². The zero-order valence-electron chi connectivity index (χ0n) is 8.10. The van der Waals surface area contributed by atoms with E-state index in [1.165, 1.54) is 18.2 Å². The van der Waals surface area contributed by atoms with E-state index < -0.39 is 22.5 Å². The van der Waals surface area contributed by atoms with E-state index in [4.69, 9.17) is 5.11 Å². The first kappa shape index (κ1) is 11.7. The van der Waals surface area contributed by atoms with Gasteiger partial charge in [0.15, 0.2) is 0 Å². The first-order chi connectivity index (χ1) is 6.97. The average molecular weight is 229 g/mol. The fourth-order valence-electron chi connectivity index (χ4n) is 1.14. The summed E-state index contributed by atoms with van der Waals surface area (Å²) >= 11 is 0. The molecule has 82 valence electrons. The predicted molar refractivity (Wildman–Crippen MR) is 53.4 cm³/mol. The van der Waals surface area contributed by atoms with Gasteiger partial charge in [-0.3, -0.25) is 4.79 Å². The number of nitrogens with one attached hydrogen (secondary N) is 1. The SMILES string of the molecule is CC(=O)NS(=O)(=O)c1ccccc1CO. The molecule has 5 nitrogen and oxygen atoms in total. The monoisotopic (exact) mass is 229 g/mol. The van der Waals surface area contributed by atoms with Crippen LogP contribution in [0.15, 0.2) is 29.2 Å². The van der Waals surface area contributed by atoms with Crippen LogP contribution in [0.5, 0.6) is 0 Å². The van der Waals surface area contributed by atoms with Gasteiger partial charge < -0.3 is 5.11 Å². The number of hydrogen-bond acceptors (Lipinski definition) is 4. The van der Waals surface area contributed by atoms with Crippen molar-refractivity contribution in [2.24, 2.45) is 0 Å². The molecule has 0 saturated heterocycles. The second kappa shape index (κ2) is 4.41. The van der Waals surface area contributed by atoms with Crippen molar-refractivity contribution in [2.45, 2.75) is 18.4 Å². The lowest BCUT2D eigenvalue weighted by molar-refractivity contribution is -0.117. The fraction of sp³-hybridized carbons (Fsp3) is 0.222. The highest BCUT2D eigenvalue weighted by Crippen LogP contribution is 2.14. The Labute approximate surface area is 87.8 Å². The van der Waals surface area contributed by atoms with E-state index in [0.29, 0.717) is 0 Å². The minimum absolute atomic E-state index is 0.0808. The van der Waals surface area contributed by atoms with Crippen LogP contribution >= 0.6 is 0 Å². The maximum absolute atomic E-state index is 11.6. The van der Waals surface area contributed by atoms with Gasteiger partial charge in [0.05, 0.1) is 11.5 Å². The predicted octanol–water partition coefficient (Wildman–Crippen LogP) is 0.00370. The van der Waals surface area contributed by atoms with Gasteiger partial charge in [-0.25, -0.2) is 13.1 Å². The summed E-state index contributed by atoms with van der Waals surface area (Å²) in [7, 11) is -3.86. The second-order valence-corrected chi connectivity index (χ2v) is 4.58. The highest BCUT2D eigenvalue weighted by molar-refractivity contribution is 7.90. The number of carbonyl (C=O) groups is 1.